The largest absolute Gasteiger partial charge is 0.480 e. The molecule has 3 unspecified atom stereocenters. The van der Waals surface area contributed by atoms with Crippen LogP contribution in [-0.2, 0) is 15.0 Å². The van der Waals surface area contributed by atoms with Gasteiger partial charge in [-0.05, 0) is 38.0 Å². The Bertz CT molecular complexity index is 544. The van der Waals surface area contributed by atoms with E-state index >= 15 is 0 Å². The molecule has 1 aliphatic heterocycles. The van der Waals surface area contributed by atoms with Crippen molar-refractivity contribution in [3.05, 3.63) is 0 Å². The smallest absolute Gasteiger partial charge is 0.322 e. The summed E-state index contributed by atoms with van der Waals surface area (Å²) < 4.78 is 29.2. The van der Waals surface area contributed by atoms with E-state index in [-0.39, 0.29) is 18.0 Å². The number of fused-ring (bicyclic) bond motifs is 1. The third-order valence-electron chi connectivity index (χ3n) is 6.03. The Morgan fingerprint density at radius 1 is 1.04 bits per heavy atom. The first-order valence-corrected chi connectivity index (χ1v) is 10.3. The molecule has 7 heteroatoms. The highest BCUT2D eigenvalue weighted by atomic mass is 32.2. The Kier molecular flexibility index (Phi) is 4.99. The fourth-order valence-corrected chi connectivity index (χ4v) is 6.75. The van der Waals surface area contributed by atoms with E-state index in [1.54, 1.807) is 7.05 Å². The van der Waals surface area contributed by atoms with Crippen molar-refractivity contribution in [2.75, 3.05) is 7.05 Å². The standard InChI is InChI=1S/C16H28N2O4S/c1-17(13-8-3-2-4-9-13)23(21,22)18-14-10-6-5-7-12(14)11-15(18)16(19)20/h12-15H,2-11H2,1H3,(H,19,20). The predicted molar refractivity (Wildman–Crippen MR) is 87.2 cm³/mol. The van der Waals surface area contributed by atoms with Crippen LogP contribution in [-0.4, -0.2) is 53.3 Å². The monoisotopic (exact) mass is 344 g/mol. The van der Waals surface area contributed by atoms with Gasteiger partial charge < -0.3 is 5.11 Å². The molecule has 0 bridgehead atoms. The third kappa shape index (κ3) is 3.15. The number of carboxylic acid groups (broad SMARTS) is 1. The number of carbonyl (C=O) groups is 1. The molecule has 1 heterocycles. The molecule has 23 heavy (non-hydrogen) atoms. The van der Waals surface area contributed by atoms with E-state index in [1.807, 2.05) is 0 Å². The first-order chi connectivity index (χ1) is 10.9. The van der Waals surface area contributed by atoms with Crippen LogP contribution in [0.1, 0.15) is 64.2 Å². The molecule has 3 fully saturated rings. The average Bonchev–Trinajstić information content (AvgIpc) is 2.95. The van der Waals surface area contributed by atoms with Gasteiger partial charge >= 0.3 is 5.97 Å². The molecule has 2 saturated carbocycles. The fourth-order valence-electron chi connectivity index (χ4n) is 4.74. The van der Waals surface area contributed by atoms with E-state index in [2.05, 4.69) is 0 Å². The maximum Gasteiger partial charge on any atom is 0.322 e. The topological polar surface area (TPSA) is 77.9 Å². The second-order valence-electron chi connectivity index (χ2n) is 7.35. The van der Waals surface area contributed by atoms with E-state index in [1.165, 1.54) is 8.61 Å². The second kappa shape index (κ2) is 6.69. The molecule has 0 spiro atoms. The van der Waals surface area contributed by atoms with Gasteiger partial charge in [-0.1, -0.05) is 32.1 Å². The summed E-state index contributed by atoms with van der Waals surface area (Å²) in [5.41, 5.74) is 0. The molecule has 0 amide bonds. The van der Waals surface area contributed by atoms with E-state index in [4.69, 9.17) is 0 Å². The van der Waals surface area contributed by atoms with Crippen molar-refractivity contribution >= 4 is 16.2 Å². The van der Waals surface area contributed by atoms with Gasteiger partial charge in [-0.15, -0.1) is 0 Å². The van der Waals surface area contributed by atoms with E-state index in [0.717, 1.165) is 57.8 Å². The number of nitrogens with zero attached hydrogens (tertiary/aromatic N) is 2. The van der Waals surface area contributed by atoms with Crippen LogP contribution in [0.15, 0.2) is 0 Å². The molecule has 1 N–H and O–H groups in total. The molecule has 3 aliphatic rings. The first kappa shape index (κ1) is 17.2. The average molecular weight is 344 g/mol. The van der Waals surface area contributed by atoms with Crippen LogP contribution in [0.2, 0.25) is 0 Å². The summed E-state index contributed by atoms with van der Waals surface area (Å²) in [6, 6.07) is -0.995. The molecule has 3 atom stereocenters. The SMILES string of the molecule is CN(C1CCCCC1)S(=O)(=O)N1C(C(=O)O)CC2CCCCC21. The highest BCUT2D eigenvalue weighted by molar-refractivity contribution is 7.86. The predicted octanol–water partition coefficient (Wildman–Crippen LogP) is 2.21. The lowest BCUT2D eigenvalue weighted by atomic mass is 9.85. The summed E-state index contributed by atoms with van der Waals surface area (Å²) in [5, 5.41) is 9.56. The maximum absolute atomic E-state index is 13.2. The van der Waals surface area contributed by atoms with Crippen LogP contribution in [0, 0.1) is 5.92 Å². The number of hydrogen-bond donors (Lipinski definition) is 1. The van der Waals surface area contributed by atoms with Gasteiger partial charge in [0.05, 0.1) is 0 Å². The zero-order valence-electron chi connectivity index (χ0n) is 13.9. The molecular weight excluding hydrogens is 316 g/mol. The van der Waals surface area contributed by atoms with E-state index in [9.17, 15) is 18.3 Å². The van der Waals surface area contributed by atoms with Crippen LogP contribution in [0.3, 0.4) is 0 Å². The number of aliphatic carboxylic acids is 1. The van der Waals surface area contributed by atoms with Crippen molar-refractivity contribution in [3.63, 3.8) is 0 Å². The lowest BCUT2D eigenvalue weighted by Gasteiger charge is -2.38. The Labute approximate surface area is 139 Å². The highest BCUT2D eigenvalue weighted by Crippen LogP contribution is 2.42. The van der Waals surface area contributed by atoms with Crippen LogP contribution in [0.4, 0.5) is 0 Å². The van der Waals surface area contributed by atoms with Crippen LogP contribution in [0.25, 0.3) is 0 Å². The Morgan fingerprint density at radius 2 is 1.65 bits per heavy atom. The third-order valence-corrected chi connectivity index (χ3v) is 8.12. The molecular formula is C16H28N2O4S. The summed E-state index contributed by atoms with van der Waals surface area (Å²) in [6.45, 7) is 0. The van der Waals surface area contributed by atoms with Crippen LogP contribution < -0.4 is 0 Å². The lowest BCUT2D eigenvalue weighted by Crippen LogP contribution is -2.53. The summed E-state index contributed by atoms with van der Waals surface area (Å²) in [4.78, 5) is 11.7. The minimum atomic E-state index is -3.72. The van der Waals surface area contributed by atoms with Gasteiger partial charge in [-0.3, -0.25) is 4.79 Å². The summed E-state index contributed by atoms with van der Waals surface area (Å²) >= 11 is 0. The minimum Gasteiger partial charge on any atom is -0.480 e. The minimum absolute atomic E-state index is 0.0193. The van der Waals surface area contributed by atoms with Crippen molar-refractivity contribution in [3.8, 4) is 0 Å². The van der Waals surface area contributed by atoms with Crippen molar-refractivity contribution in [2.45, 2.75) is 82.3 Å². The molecule has 2 aliphatic carbocycles. The van der Waals surface area contributed by atoms with Gasteiger partial charge in [0.25, 0.3) is 10.2 Å². The molecule has 1 saturated heterocycles. The molecule has 0 aromatic carbocycles. The maximum atomic E-state index is 13.2. The van der Waals surface area contributed by atoms with E-state index < -0.39 is 22.2 Å². The molecule has 6 nitrogen and oxygen atoms in total. The van der Waals surface area contributed by atoms with Gasteiger partial charge in [0.1, 0.15) is 6.04 Å². The van der Waals surface area contributed by atoms with Crippen molar-refractivity contribution in [2.24, 2.45) is 5.92 Å². The van der Waals surface area contributed by atoms with Gasteiger partial charge in [0, 0.05) is 19.1 Å². The quantitative estimate of drug-likeness (QED) is 0.848. The number of hydrogen-bond acceptors (Lipinski definition) is 3. The zero-order valence-corrected chi connectivity index (χ0v) is 14.7. The van der Waals surface area contributed by atoms with Crippen molar-refractivity contribution < 1.29 is 18.3 Å². The molecule has 132 valence electrons. The second-order valence-corrected chi connectivity index (χ2v) is 9.24. The van der Waals surface area contributed by atoms with Gasteiger partial charge in [-0.25, -0.2) is 0 Å². The summed E-state index contributed by atoms with van der Waals surface area (Å²) in [5.74, 6) is -0.792. The van der Waals surface area contributed by atoms with Gasteiger partial charge in [0.2, 0.25) is 0 Å². The number of carboxylic acids is 1. The lowest BCUT2D eigenvalue weighted by molar-refractivity contribution is -0.141. The molecule has 0 aromatic rings. The molecule has 3 rings (SSSR count). The van der Waals surface area contributed by atoms with Crippen molar-refractivity contribution in [1.29, 1.82) is 0 Å². The van der Waals surface area contributed by atoms with Crippen LogP contribution in [0.5, 0.6) is 0 Å². The molecule has 0 radical (unpaired) electrons. The van der Waals surface area contributed by atoms with Crippen LogP contribution >= 0.6 is 0 Å². The van der Waals surface area contributed by atoms with Crippen molar-refractivity contribution in [1.82, 2.24) is 8.61 Å². The molecule has 0 aromatic heterocycles. The Morgan fingerprint density at radius 3 is 2.30 bits per heavy atom. The Balaban J connectivity index is 1.87. The summed E-state index contributed by atoms with van der Waals surface area (Å²) in [6.07, 6.45) is 9.34. The highest BCUT2D eigenvalue weighted by Gasteiger charge is 2.52. The van der Waals surface area contributed by atoms with Gasteiger partial charge in [-0.2, -0.15) is 17.0 Å². The zero-order chi connectivity index (χ0) is 16.6. The van der Waals surface area contributed by atoms with E-state index in [0.29, 0.717) is 6.42 Å². The normalized spacial score (nSPS) is 33.7. The first-order valence-electron chi connectivity index (χ1n) is 8.92. The summed E-state index contributed by atoms with van der Waals surface area (Å²) in [7, 11) is -2.08. The fraction of sp³-hybridized carbons (Fsp3) is 0.938. The van der Waals surface area contributed by atoms with Gasteiger partial charge in [0.15, 0.2) is 0 Å². The number of rotatable bonds is 4. The Hall–Kier alpha value is -0.660.